The third kappa shape index (κ3) is 2.97. The Bertz CT molecular complexity index is 172. The maximum atomic E-state index is 10.7. The Balaban J connectivity index is 2.27. The van der Waals surface area contributed by atoms with E-state index in [1.807, 2.05) is 0 Å². The lowest BCUT2D eigenvalue weighted by atomic mass is 10.2. The minimum atomic E-state index is -0.806. The maximum Gasteiger partial charge on any atom is 0.323 e. The van der Waals surface area contributed by atoms with Crippen LogP contribution in [0, 0.1) is 0 Å². The monoisotopic (exact) mass is 187 g/mol. The highest BCUT2D eigenvalue weighted by Crippen LogP contribution is 2.12. The molecule has 1 rings (SSSR count). The van der Waals surface area contributed by atoms with Gasteiger partial charge in [0.15, 0.2) is 0 Å². The summed E-state index contributed by atoms with van der Waals surface area (Å²) >= 11 is 0. The molecule has 1 aliphatic rings. The topological polar surface area (TPSA) is 58.6 Å². The normalized spacial score (nSPS) is 27.8. The largest absolute Gasteiger partial charge is 0.480 e. The van der Waals surface area contributed by atoms with E-state index in [-0.39, 0.29) is 6.10 Å². The van der Waals surface area contributed by atoms with Crippen LogP contribution in [0.3, 0.4) is 0 Å². The zero-order chi connectivity index (χ0) is 9.68. The number of carboxylic acid groups (broad SMARTS) is 1. The highest BCUT2D eigenvalue weighted by atomic mass is 16.5. The van der Waals surface area contributed by atoms with E-state index in [4.69, 9.17) is 9.84 Å². The van der Waals surface area contributed by atoms with Gasteiger partial charge in [-0.25, -0.2) is 0 Å². The number of nitrogens with one attached hydrogen (secondary N) is 1. The van der Waals surface area contributed by atoms with Gasteiger partial charge in [-0.3, -0.25) is 4.79 Å². The Hall–Kier alpha value is -0.610. The number of carboxylic acids is 1. The Morgan fingerprint density at radius 1 is 1.69 bits per heavy atom. The molecule has 0 aromatic heterocycles. The second-order valence-electron chi connectivity index (χ2n) is 3.32. The number of ether oxygens (including phenoxy) is 1. The molecule has 1 aliphatic heterocycles. The summed E-state index contributed by atoms with van der Waals surface area (Å²) in [5, 5.41) is 11.7. The molecule has 13 heavy (non-hydrogen) atoms. The lowest BCUT2D eigenvalue weighted by Crippen LogP contribution is -2.39. The molecule has 76 valence electrons. The summed E-state index contributed by atoms with van der Waals surface area (Å²) in [4.78, 5) is 10.7. The molecule has 4 heteroatoms. The number of carbonyl (C=O) groups is 1. The summed E-state index contributed by atoms with van der Waals surface area (Å²) in [7, 11) is 0. The smallest absolute Gasteiger partial charge is 0.323 e. The molecule has 2 N–H and O–H groups in total. The Morgan fingerprint density at radius 3 is 3.08 bits per heavy atom. The van der Waals surface area contributed by atoms with Crippen molar-refractivity contribution in [1.82, 2.24) is 5.32 Å². The maximum absolute atomic E-state index is 10.7. The summed E-state index contributed by atoms with van der Waals surface area (Å²) in [6, 6.07) is -0.503. The van der Waals surface area contributed by atoms with Crippen molar-refractivity contribution in [2.45, 2.75) is 38.3 Å². The van der Waals surface area contributed by atoms with Crippen LogP contribution in [0.2, 0.25) is 0 Å². The number of unbranched alkanes of at least 4 members (excludes halogenated alkanes) is 1. The van der Waals surface area contributed by atoms with Crippen molar-refractivity contribution in [1.29, 1.82) is 0 Å². The summed E-state index contributed by atoms with van der Waals surface area (Å²) in [5.41, 5.74) is 0. The van der Waals surface area contributed by atoms with Gasteiger partial charge in [0, 0.05) is 6.61 Å². The SMILES string of the molecule is CCCCO[C@H]1CCN[C@@H]1C(=O)O. The van der Waals surface area contributed by atoms with Crippen molar-refractivity contribution in [3.63, 3.8) is 0 Å². The van der Waals surface area contributed by atoms with E-state index >= 15 is 0 Å². The van der Waals surface area contributed by atoms with Crippen molar-refractivity contribution in [2.75, 3.05) is 13.2 Å². The molecule has 0 spiro atoms. The van der Waals surface area contributed by atoms with Gasteiger partial charge in [0.05, 0.1) is 6.10 Å². The van der Waals surface area contributed by atoms with Gasteiger partial charge in [-0.05, 0) is 19.4 Å². The van der Waals surface area contributed by atoms with Crippen LogP contribution in [0.4, 0.5) is 0 Å². The van der Waals surface area contributed by atoms with Crippen molar-refractivity contribution >= 4 is 5.97 Å². The van der Waals surface area contributed by atoms with Gasteiger partial charge in [0.1, 0.15) is 6.04 Å². The number of hydrogen-bond acceptors (Lipinski definition) is 3. The molecule has 1 fully saturated rings. The van der Waals surface area contributed by atoms with Crippen LogP contribution >= 0.6 is 0 Å². The first kappa shape index (κ1) is 10.5. The van der Waals surface area contributed by atoms with Gasteiger partial charge < -0.3 is 15.2 Å². The molecule has 0 saturated carbocycles. The van der Waals surface area contributed by atoms with Crippen molar-refractivity contribution < 1.29 is 14.6 Å². The van der Waals surface area contributed by atoms with Crippen LogP contribution in [0.5, 0.6) is 0 Å². The Labute approximate surface area is 78.3 Å². The zero-order valence-corrected chi connectivity index (χ0v) is 7.95. The molecule has 0 radical (unpaired) electrons. The fourth-order valence-electron chi connectivity index (χ4n) is 1.48. The van der Waals surface area contributed by atoms with Crippen LogP contribution in [0.15, 0.2) is 0 Å². The molecule has 4 nitrogen and oxygen atoms in total. The summed E-state index contributed by atoms with van der Waals surface area (Å²) in [6.07, 6.45) is 2.76. The third-order valence-corrected chi connectivity index (χ3v) is 2.26. The summed E-state index contributed by atoms with van der Waals surface area (Å²) in [6.45, 7) is 3.51. The molecule has 2 atom stereocenters. The molecule has 0 bridgehead atoms. The first-order chi connectivity index (χ1) is 6.25. The van der Waals surface area contributed by atoms with Gasteiger partial charge in [-0.2, -0.15) is 0 Å². The molecule has 0 aromatic carbocycles. The quantitative estimate of drug-likeness (QED) is 0.619. The van der Waals surface area contributed by atoms with Gasteiger partial charge in [0.2, 0.25) is 0 Å². The molecule has 0 unspecified atom stereocenters. The first-order valence-electron chi connectivity index (χ1n) is 4.83. The fourth-order valence-corrected chi connectivity index (χ4v) is 1.48. The van der Waals surface area contributed by atoms with Gasteiger partial charge in [0.25, 0.3) is 0 Å². The highest BCUT2D eigenvalue weighted by Gasteiger charge is 2.32. The average Bonchev–Trinajstić information content (AvgIpc) is 2.53. The second kappa shape index (κ2) is 5.19. The predicted molar refractivity (Wildman–Crippen MR) is 48.7 cm³/mol. The lowest BCUT2D eigenvalue weighted by molar-refractivity contribution is -0.142. The molecule has 0 aromatic rings. The lowest BCUT2D eigenvalue weighted by Gasteiger charge is -2.15. The van der Waals surface area contributed by atoms with E-state index in [0.717, 1.165) is 25.8 Å². The molecular formula is C9H17NO3. The Morgan fingerprint density at radius 2 is 2.46 bits per heavy atom. The van der Waals surface area contributed by atoms with E-state index in [9.17, 15) is 4.79 Å². The second-order valence-corrected chi connectivity index (χ2v) is 3.32. The molecule has 1 heterocycles. The minimum Gasteiger partial charge on any atom is -0.480 e. The van der Waals surface area contributed by atoms with Crippen LogP contribution in [-0.2, 0) is 9.53 Å². The molecule has 0 amide bonds. The predicted octanol–water partition coefficient (Wildman–Crippen LogP) is 0.618. The van der Waals surface area contributed by atoms with Crippen molar-refractivity contribution in [3.8, 4) is 0 Å². The first-order valence-corrected chi connectivity index (χ1v) is 4.83. The van der Waals surface area contributed by atoms with E-state index < -0.39 is 12.0 Å². The van der Waals surface area contributed by atoms with Crippen LogP contribution in [0.1, 0.15) is 26.2 Å². The Kier molecular flexibility index (Phi) is 4.18. The van der Waals surface area contributed by atoms with E-state index in [1.165, 1.54) is 0 Å². The number of aliphatic carboxylic acids is 1. The number of rotatable bonds is 5. The van der Waals surface area contributed by atoms with E-state index in [0.29, 0.717) is 6.61 Å². The molecule has 0 aliphatic carbocycles. The van der Waals surface area contributed by atoms with Crippen molar-refractivity contribution in [3.05, 3.63) is 0 Å². The number of hydrogen-bond donors (Lipinski definition) is 2. The van der Waals surface area contributed by atoms with Gasteiger partial charge in [-0.15, -0.1) is 0 Å². The highest BCUT2D eigenvalue weighted by molar-refractivity contribution is 5.74. The van der Waals surface area contributed by atoms with Gasteiger partial charge >= 0.3 is 5.97 Å². The zero-order valence-electron chi connectivity index (χ0n) is 7.95. The summed E-state index contributed by atoms with van der Waals surface area (Å²) in [5.74, 6) is -0.806. The third-order valence-electron chi connectivity index (χ3n) is 2.26. The summed E-state index contributed by atoms with van der Waals surface area (Å²) < 4.78 is 5.47. The van der Waals surface area contributed by atoms with Gasteiger partial charge in [-0.1, -0.05) is 13.3 Å². The van der Waals surface area contributed by atoms with E-state index in [1.54, 1.807) is 0 Å². The average molecular weight is 187 g/mol. The van der Waals surface area contributed by atoms with Crippen LogP contribution in [-0.4, -0.2) is 36.4 Å². The van der Waals surface area contributed by atoms with Crippen molar-refractivity contribution in [2.24, 2.45) is 0 Å². The fraction of sp³-hybridized carbons (Fsp3) is 0.889. The van der Waals surface area contributed by atoms with Crippen LogP contribution in [0.25, 0.3) is 0 Å². The molecule has 1 saturated heterocycles. The molecular weight excluding hydrogens is 170 g/mol. The van der Waals surface area contributed by atoms with E-state index in [2.05, 4.69) is 12.2 Å². The minimum absolute atomic E-state index is 0.135. The standard InChI is InChI=1S/C9H17NO3/c1-2-3-6-13-7-4-5-10-8(7)9(11)12/h7-8,10H,2-6H2,1H3,(H,11,12)/t7-,8-/m0/s1. The van der Waals surface area contributed by atoms with Crippen LogP contribution < -0.4 is 5.32 Å².